The van der Waals surface area contributed by atoms with Crippen molar-refractivity contribution in [2.45, 2.75) is 30.2 Å². The minimum Gasteiger partial charge on any atom is -0.497 e. The number of nitrogens with one attached hydrogen (secondary N) is 1. The third-order valence-electron chi connectivity index (χ3n) is 5.24. The number of hydrogen-bond acceptors (Lipinski definition) is 5. The van der Waals surface area contributed by atoms with E-state index in [1.54, 1.807) is 31.4 Å². The number of anilines is 1. The predicted octanol–water partition coefficient (Wildman–Crippen LogP) is 5.31. The Labute approximate surface area is 182 Å². The van der Waals surface area contributed by atoms with E-state index in [9.17, 15) is 8.42 Å². The number of methoxy groups -OCH3 is 1. The highest BCUT2D eigenvalue weighted by Crippen LogP contribution is 2.34. The van der Waals surface area contributed by atoms with E-state index < -0.39 is 9.84 Å². The first-order valence-corrected chi connectivity index (χ1v) is 11.4. The third-order valence-corrected chi connectivity index (χ3v) is 7.02. The van der Waals surface area contributed by atoms with Crippen LogP contribution < -0.4 is 10.1 Å². The molecule has 3 aromatic carbocycles. The van der Waals surface area contributed by atoms with E-state index >= 15 is 0 Å². The maximum Gasteiger partial charge on any atom is 0.210 e. The predicted molar refractivity (Wildman–Crippen MR) is 123 cm³/mol. The van der Waals surface area contributed by atoms with Crippen LogP contribution in [0.3, 0.4) is 0 Å². The van der Waals surface area contributed by atoms with E-state index in [0.717, 1.165) is 33.3 Å². The molecular weight excluding hydrogens is 408 g/mol. The van der Waals surface area contributed by atoms with Crippen molar-refractivity contribution < 1.29 is 13.2 Å². The van der Waals surface area contributed by atoms with Gasteiger partial charge in [0.15, 0.2) is 0 Å². The zero-order chi connectivity index (χ0) is 22.0. The highest BCUT2D eigenvalue weighted by atomic mass is 32.2. The van der Waals surface area contributed by atoms with Crippen LogP contribution in [0.15, 0.2) is 82.7 Å². The second kappa shape index (κ2) is 8.40. The molecule has 6 heteroatoms. The summed E-state index contributed by atoms with van der Waals surface area (Å²) in [5.41, 5.74) is 4.35. The van der Waals surface area contributed by atoms with Crippen LogP contribution in [0, 0.1) is 13.8 Å². The largest absolute Gasteiger partial charge is 0.497 e. The lowest BCUT2D eigenvalue weighted by Crippen LogP contribution is -2.10. The molecule has 4 rings (SSSR count). The number of hydrogen-bond donors (Lipinski definition) is 1. The fourth-order valence-electron chi connectivity index (χ4n) is 3.45. The van der Waals surface area contributed by atoms with E-state index in [4.69, 9.17) is 4.74 Å². The number of ether oxygens (including phenoxy) is 1. The maximum atomic E-state index is 13.5. The minimum atomic E-state index is -3.75. The molecule has 0 amide bonds. The number of nitrogens with zero attached hydrogens (tertiary/aromatic N) is 1. The molecule has 5 nitrogen and oxygen atoms in total. The summed E-state index contributed by atoms with van der Waals surface area (Å²) in [5, 5.41) is 4.14. The lowest BCUT2D eigenvalue weighted by Gasteiger charge is -2.16. The maximum absolute atomic E-state index is 13.5. The lowest BCUT2D eigenvalue weighted by molar-refractivity contribution is 0.414. The van der Waals surface area contributed by atoms with Crippen molar-refractivity contribution in [3.05, 3.63) is 89.6 Å². The number of benzene rings is 3. The number of aromatic nitrogens is 1. The summed E-state index contributed by atoms with van der Waals surface area (Å²) in [6.45, 7) is 4.37. The van der Waals surface area contributed by atoms with Crippen molar-refractivity contribution in [2.24, 2.45) is 0 Å². The molecule has 0 bridgehead atoms. The quantitative estimate of drug-likeness (QED) is 0.447. The number of sulfone groups is 1. The average Bonchev–Trinajstić information content (AvgIpc) is 2.78. The minimum absolute atomic E-state index is 0.169. The number of pyridine rings is 1. The van der Waals surface area contributed by atoms with Gasteiger partial charge in [-0.3, -0.25) is 4.98 Å². The second-order valence-corrected chi connectivity index (χ2v) is 9.45. The molecule has 1 heterocycles. The molecule has 0 saturated heterocycles. The summed E-state index contributed by atoms with van der Waals surface area (Å²) in [7, 11) is -2.12. The van der Waals surface area contributed by atoms with Gasteiger partial charge in [-0.1, -0.05) is 41.5 Å². The Morgan fingerprint density at radius 1 is 0.903 bits per heavy atom. The number of rotatable bonds is 6. The van der Waals surface area contributed by atoms with E-state index in [0.29, 0.717) is 12.2 Å². The first kappa shape index (κ1) is 20.9. The highest BCUT2D eigenvalue weighted by molar-refractivity contribution is 7.91. The molecule has 4 aromatic rings. The summed E-state index contributed by atoms with van der Waals surface area (Å²) >= 11 is 0. The van der Waals surface area contributed by atoms with Gasteiger partial charge in [-0.15, -0.1) is 0 Å². The summed E-state index contributed by atoms with van der Waals surface area (Å²) in [6, 6.07) is 20.4. The molecular formula is C25H24N2O3S. The van der Waals surface area contributed by atoms with Gasteiger partial charge < -0.3 is 10.1 Å². The first-order chi connectivity index (χ1) is 14.9. The van der Waals surface area contributed by atoms with E-state index in [2.05, 4.69) is 10.3 Å². The molecule has 0 aliphatic carbocycles. The molecule has 0 fully saturated rings. The third kappa shape index (κ3) is 4.25. The normalized spacial score (nSPS) is 11.5. The van der Waals surface area contributed by atoms with Crippen LogP contribution in [0.4, 0.5) is 5.69 Å². The number of aryl methyl sites for hydroxylation is 2. The molecule has 0 atom stereocenters. The summed E-state index contributed by atoms with van der Waals surface area (Å²) in [6.07, 6.45) is 1.45. The van der Waals surface area contributed by atoms with Gasteiger partial charge in [0.25, 0.3) is 0 Å². The first-order valence-electron chi connectivity index (χ1n) is 9.96. The van der Waals surface area contributed by atoms with Gasteiger partial charge in [-0.2, -0.15) is 0 Å². The average molecular weight is 433 g/mol. The molecule has 0 saturated carbocycles. The zero-order valence-electron chi connectivity index (χ0n) is 17.7. The van der Waals surface area contributed by atoms with Crippen molar-refractivity contribution in [3.8, 4) is 5.75 Å². The van der Waals surface area contributed by atoms with Crippen LogP contribution in [-0.4, -0.2) is 20.5 Å². The molecule has 31 heavy (non-hydrogen) atoms. The van der Waals surface area contributed by atoms with Gasteiger partial charge in [0.05, 0.1) is 23.2 Å². The molecule has 0 unspecified atom stereocenters. The summed E-state index contributed by atoms with van der Waals surface area (Å²) in [5.74, 6) is 0.774. The van der Waals surface area contributed by atoms with Gasteiger partial charge in [0.2, 0.25) is 9.84 Å². The molecule has 0 spiro atoms. The van der Waals surface area contributed by atoms with Crippen LogP contribution in [0.5, 0.6) is 5.75 Å². The van der Waals surface area contributed by atoms with E-state index in [1.165, 1.54) is 6.20 Å². The van der Waals surface area contributed by atoms with Crippen LogP contribution in [0.2, 0.25) is 0 Å². The number of fused-ring (bicyclic) bond motifs is 1. The standard InChI is InChI=1S/C25H24N2O3S/c1-17-4-11-21(12-5-17)31(28,29)24-16-26-23-13-6-18(2)14-22(23)25(24)27-15-19-7-9-20(30-3)10-8-19/h4-14,16H,15H2,1-3H3,(H,26,27). The van der Waals surface area contributed by atoms with E-state index in [1.807, 2.05) is 56.3 Å². The fourth-order valence-corrected chi connectivity index (χ4v) is 4.84. The van der Waals surface area contributed by atoms with Gasteiger partial charge in [-0.05, 0) is 55.8 Å². The molecule has 0 aliphatic rings. The Bertz CT molecular complexity index is 1330. The van der Waals surface area contributed by atoms with Crippen LogP contribution in [0.1, 0.15) is 16.7 Å². The lowest BCUT2D eigenvalue weighted by atomic mass is 10.1. The molecule has 0 radical (unpaired) electrons. The summed E-state index contributed by atoms with van der Waals surface area (Å²) in [4.78, 5) is 4.85. The summed E-state index contributed by atoms with van der Waals surface area (Å²) < 4.78 is 32.2. The van der Waals surface area contributed by atoms with Gasteiger partial charge in [-0.25, -0.2) is 8.42 Å². The van der Waals surface area contributed by atoms with Crippen molar-refractivity contribution in [1.29, 1.82) is 0 Å². The topological polar surface area (TPSA) is 68.3 Å². The van der Waals surface area contributed by atoms with Crippen LogP contribution in [-0.2, 0) is 16.4 Å². The van der Waals surface area contributed by atoms with Crippen LogP contribution in [0.25, 0.3) is 10.9 Å². The second-order valence-electron chi connectivity index (χ2n) is 7.54. The Morgan fingerprint density at radius 3 is 2.26 bits per heavy atom. The van der Waals surface area contributed by atoms with Gasteiger partial charge in [0, 0.05) is 18.1 Å². The van der Waals surface area contributed by atoms with Crippen molar-refractivity contribution >= 4 is 26.4 Å². The zero-order valence-corrected chi connectivity index (χ0v) is 18.5. The molecule has 0 aliphatic heterocycles. The Morgan fingerprint density at radius 2 is 1.58 bits per heavy atom. The monoisotopic (exact) mass is 432 g/mol. The Balaban J connectivity index is 1.82. The molecule has 1 aromatic heterocycles. The smallest absolute Gasteiger partial charge is 0.210 e. The van der Waals surface area contributed by atoms with Crippen molar-refractivity contribution in [1.82, 2.24) is 4.98 Å². The van der Waals surface area contributed by atoms with Crippen molar-refractivity contribution in [2.75, 3.05) is 12.4 Å². The highest BCUT2D eigenvalue weighted by Gasteiger charge is 2.24. The van der Waals surface area contributed by atoms with Crippen molar-refractivity contribution in [3.63, 3.8) is 0 Å². The molecule has 158 valence electrons. The van der Waals surface area contributed by atoms with Crippen LogP contribution >= 0.6 is 0 Å². The Kier molecular flexibility index (Phi) is 5.65. The van der Waals surface area contributed by atoms with E-state index in [-0.39, 0.29) is 9.79 Å². The SMILES string of the molecule is COc1ccc(CNc2c(S(=O)(=O)c3ccc(C)cc3)cnc3ccc(C)cc23)cc1. The molecule has 1 N–H and O–H groups in total. The fraction of sp³-hybridized carbons (Fsp3) is 0.160. The van der Waals surface area contributed by atoms with Gasteiger partial charge >= 0.3 is 0 Å². The van der Waals surface area contributed by atoms with Gasteiger partial charge in [0.1, 0.15) is 10.6 Å². The Hall–Kier alpha value is -3.38.